The smallest absolute Gasteiger partial charge is 0.292 e. The predicted octanol–water partition coefficient (Wildman–Crippen LogP) is 3.75. The molecule has 104 valence electrons. The van der Waals surface area contributed by atoms with Crippen molar-refractivity contribution in [2.45, 2.75) is 19.3 Å². The van der Waals surface area contributed by atoms with Crippen LogP contribution in [0.2, 0.25) is 0 Å². The van der Waals surface area contributed by atoms with Gasteiger partial charge in [0.2, 0.25) is 0 Å². The highest BCUT2D eigenvalue weighted by atomic mass is 16.5. The van der Waals surface area contributed by atoms with Gasteiger partial charge in [-0.1, -0.05) is 29.9 Å². The van der Waals surface area contributed by atoms with Gasteiger partial charge in [-0.2, -0.15) is 0 Å². The summed E-state index contributed by atoms with van der Waals surface area (Å²) < 4.78 is 9.57. The van der Waals surface area contributed by atoms with E-state index in [2.05, 4.69) is 6.08 Å². The Hall–Kier alpha value is -2.98. The first-order chi connectivity index (χ1) is 10.3. The Morgan fingerprint density at radius 2 is 1.76 bits per heavy atom. The fourth-order valence-electron chi connectivity index (χ4n) is 2.08. The van der Waals surface area contributed by atoms with Crippen LogP contribution in [0.5, 0.6) is 5.75 Å². The Kier molecular flexibility index (Phi) is 5.20. The van der Waals surface area contributed by atoms with Crippen molar-refractivity contribution in [3.8, 4) is 18.3 Å². The quantitative estimate of drug-likeness (QED) is 0.621. The van der Waals surface area contributed by atoms with Crippen LogP contribution in [0, 0.1) is 23.0 Å². The van der Waals surface area contributed by atoms with E-state index in [0.717, 1.165) is 24.8 Å². The van der Waals surface area contributed by atoms with Crippen molar-refractivity contribution in [2.24, 2.45) is 0 Å². The molecular weight excluding hydrogens is 264 g/mol. The first kappa shape index (κ1) is 14.4. The topological polar surface area (TPSA) is 66.0 Å². The van der Waals surface area contributed by atoms with Crippen LogP contribution in [0.4, 0.5) is 0 Å². The fourth-order valence-corrected chi connectivity index (χ4v) is 2.08. The molecule has 0 saturated carbocycles. The van der Waals surface area contributed by atoms with Crippen molar-refractivity contribution < 1.29 is 9.47 Å². The van der Waals surface area contributed by atoms with Crippen LogP contribution in [0.15, 0.2) is 59.9 Å². The van der Waals surface area contributed by atoms with E-state index in [1.165, 1.54) is 5.57 Å². The first-order valence-electron chi connectivity index (χ1n) is 6.57. The fraction of sp³-hybridized carbons (Fsp3) is 0.176. The third kappa shape index (κ3) is 4.56. The lowest BCUT2D eigenvalue weighted by Gasteiger charge is -2.08. The Morgan fingerprint density at radius 3 is 2.48 bits per heavy atom. The number of hydrogen-bond donors (Lipinski definition) is 0. The van der Waals surface area contributed by atoms with E-state index >= 15 is 0 Å². The van der Waals surface area contributed by atoms with Gasteiger partial charge in [-0.15, -0.1) is 10.5 Å². The zero-order valence-corrected chi connectivity index (χ0v) is 11.5. The molecular formula is C17H14N2O2. The highest BCUT2D eigenvalue weighted by Gasteiger charge is 2.02. The number of nitrogens with zero attached hydrogens (tertiary/aromatic N) is 2. The van der Waals surface area contributed by atoms with Gasteiger partial charge in [0.25, 0.3) is 12.5 Å². The largest absolute Gasteiger partial charge is 0.388 e. The summed E-state index contributed by atoms with van der Waals surface area (Å²) in [5.41, 5.74) is 2.46. The average molecular weight is 278 g/mol. The second kappa shape index (κ2) is 7.57. The van der Waals surface area contributed by atoms with Gasteiger partial charge in [-0.05, 0) is 49.1 Å². The highest BCUT2D eigenvalue weighted by molar-refractivity contribution is 5.32. The lowest BCUT2D eigenvalue weighted by atomic mass is 10.00. The zero-order valence-electron chi connectivity index (χ0n) is 11.5. The molecule has 21 heavy (non-hydrogen) atoms. The van der Waals surface area contributed by atoms with E-state index in [1.807, 2.05) is 30.4 Å². The number of allylic oxidation sites excluding steroid dienone is 5. The van der Waals surface area contributed by atoms with Crippen LogP contribution in [-0.4, -0.2) is 0 Å². The SMILES string of the molecule is N#COC1=C/C/C=C(/Cc2ccc(OC#N)cc2)C/C=C\1. The van der Waals surface area contributed by atoms with E-state index in [-0.39, 0.29) is 0 Å². The summed E-state index contributed by atoms with van der Waals surface area (Å²) in [6, 6.07) is 7.49. The normalized spacial score (nSPS) is 20.3. The van der Waals surface area contributed by atoms with E-state index in [9.17, 15) is 0 Å². The minimum atomic E-state index is 0.550. The zero-order chi connectivity index (χ0) is 14.9. The summed E-state index contributed by atoms with van der Waals surface area (Å²) in [7, 11) is 0. The van der Waals surface area contributed by atoms with Crippen molar-refractivity contribution in [3.63, 3.8) is 0 Å². The van der Waals surface area contributed by atoms with Crippen LogP contribution in [0.25, 0.3) is 0 Å². The maximum atomic E-state index is 8.50. The summed E-state index contributed by atoms with van der Waals surface area (Å²) in [6.45, 7) is 0. The summed E-state index contributed by atoms with van der Waals surface area (Å²) >= 11 is 0. The molecule has 0 spiro atoms. The van der Waals surface area contributed by atoms with Crippen LogP contribution in [-0.2, 0) is 11.2 Å². The molecule has 1 aliphatic rings. The molecule has 0 unspecified atom stereocenters. The molecule has 0 fully saturated rings. The molecule has 0 radical (unpaired) electrons. The van der Waals surface area contributed by atoms with Gasteiger partial charge in [0, 0.05) is 0 Å². The van der Waals surface area contributed by atoms with Gasteiger partial charge >= 0.3 is 0 Å². The summed E-state index contributed by atoms with van der Waals surface area (Å²) in [6.07, 6.45) is 13.6. The second-order valence-electron chi connectivity index (χ2n) is 4.52. The van der Waals surface area contributed by atoms with Crippen LogP contribution >= 0.6 is 0 Å². The van der Waals surface area contributed by atoms with Crippen LogP contribution in [0.1, 0.15) is 18.4 Å². The molecule has 1 aromatic rings. The molecule has 1 aliphatic carbocycles. The van der Waals surface area contributed by atoms with E-state index in [1.54, 1.807) is 24.6 Å². The minimum absolute atomic E-state index is 0.550. The van der Waals surface area contributed by atoms with Crippen molar-refractivity contribution in [2.75, 3.05) is 0 Å². The predicted molar refractivity (Wildman–Crippen MR) is 77.6 cm³/mol. The molecule has 0 atom stereocenters. The van der Waals surface area contributed by atoms with Crippen molar-refractivity contribution in [1.29, 1.82) is 10.5 Å². The van der Waals surface area contributed by atoms with Gasteiger partial charge in [-0.25, -0.2) is 0 Å². The Morgan fingerprint density at radius 1 is 1.00 bits per heavy atom. The summed E-state index contributed by atoms with van der Waals surface area (Å²) in [4.78, 5) is 0. The molecule has 0 aromatic heterocycles. The maximum Gasteiger partial charge on any atom is 0.292 e. The van der Waals surface area contributed by atoms with Crippen molar-refractivity contribution in [3.05, 3.63) is 65.5 Å². The van der Waals surface area contributed by atoms with E-state index in [0.29, 0.717) is 11.5 Å². The number of benzene rings is 1. The maximum absolute atomic E-state index is 8.50. The molecule has 4 heteroatoms. The van der Waals surface area contributed by atoms with Gasteiger partial charge < -0.3 is 9.47 Å². The van der Waals surface area contributed by atoms with Crippen molar-refractivity contribution >= 4 is 0 Å². The third-order valence-corrected chi connectivity index (χ3v) is 3.07. The Bertz CT molecular complexity index is 656. The van der Waals surface area contributed by atoms with Gasteiger partial charge in [0.15, 0.2) is 0 Å². The molecule has 0 N–H and O–H groups in total. The van der Waals surface area contributed by atoms with Crippen molar-refractivity contribution in [1.82, 2.24) is 0 Å². The summed E-state index contributed by atoms with van der Waals surface area (Å²) in [5, 5.41) is 16.9. The number of rotatable bonds is 4. The third-order valence-electron chi connectivity index (χ3n) is 3.07. The van der Waals surface area contributed by atoms with Crippen LogP contribution in [0.3, 0.4) is 0 Å². The summed E-state index contributed by atoms with van der Waals surface area (Å²) in [5.74, 6) is 1.14. The molecule has 2 rings (SSSR count). The number of ether oxygens (including phenoxy) is 2. The standard InChI is InChI=1S/C17H14N2O2/c18-12-20-16-5-1-3-14(4-2-6-16)11-15-7-9-17(10-8-15)21-13-19/h1,4-10H,2-3,11H2/b5-1-,14-4+,16-6+. The van der Waals surface area contributed by atoms with Crippen LogP contribution < -0.4 is 4.74 Å². The van der Waals surface area contributed by atoms with Gasteiger partial charge in [-0.3, -0.25) is 0 Å². The molecule has 0 saturated heterocycles. The number of nitriles is 2. The Labute approximate surface area is 123 Å². The lowest BCUT2D eigenvalue weighted by Crippen LogP contribution is -1.93. The van der Waals surface area contributed by atoms with E-state index < -0.39 is 0 Å². The van der Waals surface area contributed by atoms with Gasteiger partial charge in [0.05, 0.1) is 0 Å². The molecule has 0 aliphatic heterocycles. The molecule has 0 amide bonds. The molecule has 0 heterocycles. The molecule has 1 aromatic carbocycles. The lowest BCUT2D eigenvalue weighted by molar-refractivity contribution is 0.391. The molecule has 0 bridgehead atoms. The molecule has 4 nitrogen and oxygen atoms in total. The first-order valence-corrected chi connectivity index (χ1v) is 6.57. The van der Waals surface area contributed by atoms with E-state index in [4.69, 9.17) is 20.0 Å². The highest BCUT2D eigenvalue weighted by Crippen LogP contribution is 2.19. The minimum Gasteiger partial charge on any atom is -0.388 e. The number of hydrogen-bond acceptors (Lipinski definition) is 4. The second-order valence-corrected chi connectivity index (χ2v) is 4.52. The Balaban J connectivity index is 2.00. The monoisotopic (exact) mass is 278 g/mol. The average Bonchev–Trinajstić information content (AvgIpc) is 2.46. The van der Waals surface area contributed by atoms with Gasteiger partial charge in [0.1, 0.15) is 11.5 Å².